The Bertz CT molecular complexity index is 1300. The lowest BCUT2D eigenvalue weighted by atomic mass is 10.0. The number of carbonyl (C=O) groups is 2. The predicted molar refractivity (Wildman–Crippen MR) is 134 cm³/mol. The summed E-state index contributed by atoms with van der Waals surface area (Å²) in [6.07, 6.45) is -7.48. The van der Waals surface area contributed by atoms with Crippen molar-refractivity contribution < 1.29 is 45.8 Å². The van der Waals surface area contributed by atoms with Gasteiger partial charge in [0.05, 0.1) is 35.8 Å². The predicted octanol–water partition coefficient (Wildman–Crippen LogP) is 4.23. The zero-order chi connectivity index (χ0) is 29.7. The van der Waals surface area contributed by atoms with Crippen LogP contribution in [0.4, 0.5) is 32.2 Å². The van der Waals surface area contributed by atoms with Crippen LogP contribution in [0.1, 0.15) is 64.9 Å². The molecule has 2 bridgehead atoms. The van der Waals surface area contributed by atoms with E-state index in [2.05, 4.69) is 15.3 Å². The highest BCUT2D eigenvalue weighted by molar-refractivity contribution is 7.17. The molecule has 5 heterocycles. The fourth-order valence-electron chi connectivity index (χ4n) is 5.57. The Morgan fingerprint density at radius 1 is 1.15 bits per heavy atom. The van der Waals surface area contributed by atoms with Gasteiger partial charge in [0.25, 0.3) is 11.8 Å². The first-order valence-corrected chi connectivity index (χ1v) is 13.9. The summed E-state index contributed by atoms with van der Waals surface area (Å²) in [5.41, 5.74) is -2.28. The molecule has 3 aliphatic rings. The van der Waals surface area contributed by atoms with Crippen molar-refractivity contribution in [1.82, 2.24) is 20.2 Å². The van der Waals surface area contributed by atoms with E-state index >= 15 is 0 Å². The third-order valence-corrected chi connectivity index (χ3v) is 8.75. The third kappa shape index (κ3) is 5.86. The molecule has 16 heteroatoms. The summed E-state index contributed by atoms with van der Waals surface area (Å²) < 4.78 is 87.8. The quantitative estimate of drug-likeness (QED) is 0.404. The van der Waals surface area contributed by atoms with Crippen LogP contribution < -0.4 is 10.6 Å². The van der Waals surface area contributed by atoms with Gasteiger partial charge in [0.1, 0.15) is 17.6 Å². The van der Waals surface area contributed by atoms with Crippen molar-refractivity contribution in [2.45, 2.75) is 81.7 Å². The Hall–Kier alpha value is -2.98. The van der Waals surface area contributed by atoms with E-state index in [9.17, 15) is 41.0 Å². The minimum Gasteiger partial charge on any atom is -0.388 e. The largest absolute Gasteiger partial charge is 0.417 e. The van der Waals surface area contributed by atoms with Crippen LogP contribution in [0.15, 0.2) is 12.3 Å². The van der Waals surface area contributed by atoms with Crippen LogP contribution in [-0.2, 0) is 10.9 Å². The van der Waals surface area contributed by atoms with Gasteiger partial charge in [0.15, 0.2) is 5.01 Å². The van der Waals surface area contributed by atoms with Crippen molar-refractivity contribution in [2.24, 2.45) is 0 Å². The summed E-state index contributed by atoms with van der Waals surface area (Å²) in [7, 11) is 0. The second-order valence-electron chi connectivity index (χ2n) is 10.3. The molecule has 0 unspecified atom stereocenters. The zero-order valence-corrected chi connectivity index (χ0v) is 22.5. The Labute approximate surface area is 234 Å². The van der Waals surface area contributed by atoms with Crippen molar-refractivity contribution in [2.75, 3.05) is 18.5 Å². The Morgan fingerprint density at radius 2 is 1.80 bits per heavy atom. The smallest absolute Gasteiger partial charge is 0.388 e. The number of amides is 2. The number of nitrogens with one attached hydrogen (secondary N) is 2. The standard InChI is InChI=1S/C25H27F6N5O4S/c1-2-17(25(29,30)31)34-18-7-14(24(26,27)28)13(8-32-18)20-19(23(39)36-11-3-4-12(36)6-5-11)35-22(41-20)21(38)33-15-9-40-10-16(15)37/h7-8,11-12,15-17,37H,2-6,9-10H2,1H3,(H,32,34)(H,33,38)/t11-,12+,15-,16-,17-/m0/s1. The van der Waals surface area contributed by atoms with E-state index in [4.69, 9.17) is 4.74 Å². The fourth-order valence-corrected chi connectivity index (χ4v) is 6.55. The summed E-state index contributed by atoms with van der Waals surface area (Å²) in [5.74, 6) is -2.08. The topological polar surface area (TPSA) is 117 Å². The Kier molecular flexibility index (Phi) is 7.93. The molecule has 41 heavy (non-hydrogen) atoms. The maximum atomic E-state index is 14.3. The minimum atomic E-state index is -5.04. The van der Waals surface area contributed by atoms with E-state index in [1.54, 1.807) is 4.90 Å². The van der Waals surface area contributed by atoms with Crippen LogP contribution in [-0.4, -0.2) is 81.5 Å². The molecule has 2 aromatic rings. The number of rotatable bonds is 7. The van der Waals surface area contributed by atoms with E-state index < -0.39 is 65.7 Å². The highest BCUT2D eigenvalue weighted by Gasteiger charge is 2.45. The normalized spacial score (nSPS) is 25.0. The second kappa shape index (κ2) is 11.0. The van der Waals surface area contributed by atoms with Gasteiger partial charge in [-0.15, -0.1) is 11.3 Å². The first-order valence-electron chi connectivity index (χ1n) is 13.1. The van der Waals surface area contributed by atoms with Gasteiger partial charge < -0.3 is 25.4 Å². The van der Waals surface area contributed by atoms with E-state index in [0.29, 0.717) is 17.4 Å². The van der Waals surface area contributed by atoms with E-state index in [0.717, 1.165) is 31.9 Å². The summed E-state index contributed by atoms with van der Waals surface area (Å²) in [4.78, 5) is 36.0. The summed E-state index contributed by atoms with van der Waals surface area (Å²) >= 11 is 0.541. The van der Waals surface area contributed by atoms with Gasteiger partial charge in [-0.2, -0.15) is 26.3 Å². The molecular weight excluding hydrogens is 580 g/mol. The number of aromatic nitrogens is 2. The van der Waals surface area contributed by atoms with Crippen LogP contribution in [0.5, 0.6) is 0 Å². The number of halogens is 6. The highest BCUT2D eigenvalue weighted by Crippen LogP contribution is 2.44. The molecule has 3 N–H and O–H groups in total. The number of nitrogens with zero attached hydrogens (tertiary/aromatic N) is 3. The van der Waals surface area contributed by atoms with Crippen molar-refractivity contribution in [1.29, 1.82) is 0 Å². The lowest BCUT2D eigenvalue weighted by molar-refractivity contribution is -0.142. The molecule has 3 fully saturated rings. The van der Waals surface area contributed by atoms with Crippen LogP contribution in [0.3, 0.4) is 0 Å². The van der Waals surface area contributed by atoms with E-state index in [1.165, 1.54) is 6.92 Å². The van der Waals surface area contributed by atoms with E-state index in [-0.39, 0.29) is 40.9 Å². The lowest BCUT2D eigenvalue weighted by Crippen LogP contribution is -2.42. The van der Waals surface area contributed by atoms with Gasteiger partial charge >= 0.3 is 12.4 Å². The van der Waals surface area contributed by atoms with Gasteiger partial charge in [0, 0.05) is 23.8 Å². The number of fused-ring (bicyclic) bond motifs is 2. The van der Waals surface area contributed by atoms with Gasteiger partial charge in [-0.3, -0.25) is 9.59 Å². The van der Waals surface area contributed by atoms with Crippen LogP contribution >= 0.6 is 11.3 Å². The minimum absolute atomic E-state index is 0.0102. The van der Waals surface area contributed by atoms with Crippen molar-refractivity contribution >= 4 is 29.0 Å². The monoisotopic (exact) mass is 607 g/mol. The second-order valence-corrected chi connectivity index (χ2v) is 11.3. The fraction of sp³-hybridized carbons (Fsp3) is 0.600. The molecule has 9 nitrogen and oxygen atoms in total. The Morgan fingerprint density at radius 3 is 2.34 bits per heavy atom. The average molecular weight is 608 g/mol. The summed E-state index contributed by atoms with van der Waals surface area (Å²) in [6.45, 7) is 1.24. The molecule has 0 saturated carbocycles. The number of aliphatic hydroxyl groups is 1. The molecule has 5 rings (SSSR count). The number of thiazole rings is 1. The Balaban J connectivity index is 1.56. The van der Waals surface area contributed by atoms with Gasteiger partial charge in [0.2, 0.25) is 0 Å². The zero-order valence-electron chi connectivity index (χ0n) is 21.7. The van der Waals surface area contributed by atoms with Crippen LogP contribution in [0.2, 0.25) is 0 Å². The summed E-state index contributed by atoms with van der Waals surface area (Å²) in [5, 5.41) is 14.2. The van der Waals surface area contributed by atoms with Gasteiger partial charge in [-0.25, -0.2) is 9.97 Å². The third-order valence-electron chi connectivity index (χ3n) is 7.66. The SMILES string of the molecule is CC[C@H](Nc1cc(C(F)(F)F)c(-c2sc(C(=O)N[C@H]3COC[C@@H]3O)nc2C(=O)N2[C@H]3CC[C@@H]2CC3)cn1)C(F)(F)F. The summed E-state index contributed by atoms with van der Waals surface area (Å²) in [6, 6.07) is -2.63. The molecule has 3 aliphatic heterocycles. The number of hydrogen-bond donors (Lipinski definition) is 3. The number of anilines is 1. The number of carbonyl (C=O) groups excluding carboxylic acids is 2. The maximum Gasteiger partial charge on any atom is 0.417 e. The van der Waals surface area contributed by atoms with Crippen molar-refractivity contribution in [3.8, 4) is 10.4 Å². The van der Waals surface area contributed by atoms with Crippen molar-refractivity contribution in [3.63, 3.8) is 0 Å². The number of hydrogen-bond acceptors (Lipinski definition) is 8. The molecule has 0 aliphatic carbocycles. The van der Waals surface area contributed by atoms with Crippen LogP contribution in [0, 0.1) is 0 Å². The van der Waals surface area contributed by atoms with Gasteiger partial charge in [-0.05, 0) is 38.2 Å². The number of aliphatic hydroxyl groups excluding tert-OH is 1. The molecule has 2 amide bonds. The molecule has 224 valence electrons. The van der Waals surface area contributed by atoms with Crippen LogP contribution in [0.25, 0.3) is 10.4 Å². The number of alkyl halides is 6. The van der Waals surface area contributed by atoms with E-state index in [1.807, 2.05) is 5.32 Å². The first-order chi connectivity index (χ1) is 19.3. The maximum absolute atomic E-state index is 14.3. The van der Waals surface area contributed by atoms with Crippen molar-refractivity contribution in [3.05, 3.63) is 28.5 Å². The molecule has 0 aromatic carbocycles. The molecule has 0 radical (unpaired) electrons. The first kappa shape index (κ1) is 29.5. The number of ether oxygens (including phenoxy) is 1. The number of pyridine rings is 1. The van der Waals surface area contributed by atoms with Gasteiger partial charge in [-0.1, -0.05) is 6.92 Å². The lowest BCUT2D eigenvalue weighted by Gasteiger charge is -2.23. The molecular formula is C25H27F6N5O4S. The molecule has 0 spiro atoms. The molecule has 3 atom stereocenters. The average Bonchev–Trinajstić information content (AvgIpc) is 3.70. The highest BCUT2D eigenvalue weighted by atomic mass is 32.1. The molecule has 3 saturated heterocycles. The molecule has 2 aromatic heterocycles.